The second kappa shape index (κ2) is 10.5. The minimum Gasteiger partial charge on any atom is -0.465 e. The highest BCUT2D eigenvalue weighted by atomic mass is 16.6. The van der Waals surface area contributed by atoms with E-state index in [0.29, 0.717) is 42.5 Å². The fourth-order valence-corrected chi connectivity index (χ4v) is 4.11. The molecule has 0 saturated carbocycles. The first-order valence-corrected chi connectivity index (χ1v) is 10.6. The van der Waals surface area contributed by atoms with Crippen molar-refractivity contribution in [1.82, 2.24) is 4.90 Å². The van der Waals surface area contributed by atoms with E-state index in [0.717, 1.165) is 32.1 Å². The second-order valence-electron chi connectivity index (χ2n) is 7.88. The van der Waals surface area contributed by atoms with Gasteiger partial charge < -0.3 is 24.6 Å². The molecule has 0 aromatic heterocycles. The van der Waals surface area contributed by atoms with Gasteiger partial charge in [0.25, 0.3) is 0 Å². The Morgan fingerprint density at radius 3 is 2.60 bits per heavy atom. The quantitative estimate of drug-likeness (QED) is 0.435. The lowest BCUT2D eigenvalue weighted by Gasteiger charge is -2.31. The number of hydrogen-bond donors (Lipinski definition) is 2. The molecule has 1 amide bonds. The molecule has 1 unspecified atom stereocenters. The van der Waals surface area contributed by atoms with Crippen LogP contribution < -0.4 is 4.74 Å². The zero-order valence-electron chi connectivity index (χ0n) is 17.5. The van der Waals surface area contributed by atoms with Crippen LogP contribution in [-0.4, -0.2) is 41.4 Å². The molecular formula is C24H31NO5. The van der Waals surface area contributed by atoms with Crippen molar-refractivity contribution >= 4 is 6.09 Å². The number of carbonyl (C=O) groups is 1. The smallest absolute Gasteiger partial charge is 0.407 e. The third kappa shape index (κ3) is 5.74. The van der Waals surface area contributed by atoms with Crippen molar-refractivity contribution < 1.29 is 24.5 Å². The van der Waals surface area contributed by atoms with Gasteiger partial charge in [-0.2, -0.15) is 0 Å². The Hall–Kier alpha value is -2.57. The van der Waals surface area contributed by atoms with Crippen molar-refractivity contribution in [3.8, 4) is 11.5 Å². The molecule has 1 aliphatic rings. The van der Waals surface area contributed by atoms with Crippen molar-refractivity contribution in [1.29, 1.82) is 0 Å². The number of ether oxygens (including phenoxy) is 2. The zero-order valence-corrected chi connectivity index (χ0v) is 17.5. The van der Waals surface area contributed by atoms with E-state index >= 15 is 0 Å². The van der Waals surface area contributed by atoms with Crippen LogP contribution in [0.5, 0.6) is 11.5 Å². The standard InChI is InChI=1S/C24H31NO5/c1-29-24(28,16-8-7-10-19-11-9-17-25(18-19)23(26)27)21-14-5-6-15-22(21)30-20-12-3-2-4-13-20/h2-6,12-15,19,28H,7-11,16-18H2,1H3,(H,26,27)/t19?,24-/m0/s1. The third-order valence-electron chi connectivity index (χ3n) is 5.78. The summed E-state index contributed by atoms with van der Waals surface area (Å²) in [7, 11) is 1.51. The van der Waals surface area contributed by atoms with Crippen LogP contribution in [0.3, 0.4) is 0 Å². The fourth-order valence-electron chi connectivity index (χ4n) is 4.11. The van der Waals surface area contributed by atoms with E-state index in [1.54, 1.807) is 0 Å². The lowest BCUT2D eigenvalue weighted by molar-refractivity contribution is -0.200. The fraction of sp³-hybridized carbons (Fsp3) is 0.458. The minimum absolute atomic E-state index is 0.388. The van der Waals surface area contributed by atoms with Gasteiger partial charge in [0.15, 0.2) is 5.79 Å². The number of rotatable bonds is 9. The second-order valence-corrected chi connectivity index (χ2v) is 7.88. The summed E-state index contributed by atoms with van der Waals surface area (Å²) in [5, 5.41) is 20.4. The van der Waals surface area contributed by atoms with E-state index in [4.69, 9.17) is 9.47 Å². The highest BCUT2D eigenvalue weighted by Gasteiger charge is 2.32. The average molecular weight is 414 g/mol. The first kappa shape index (κ1) is 22.1. The van der Waals surface area contributed by atoms with Crippen molar-refractivity contribution in [2.75, 3.05) is 20.2 Å². The Morgan fingerprint density at radius 1 is 1.13 bits per heavy atom. The Bertz CT molecular complexity index is 812. The van der Waals surface area contributed by atoms with E-state index in [1.807, 2.05) is 54.6 Å². The first-order chi connectivity index (χ1) is 14.5. The molecule has 2 aromatic rings. The number of hydrogen-bond acceptors (Lipinski definition) is 4. The van der Waals surface area contributed by atoms with Gasteiger partial charge in [0.1, 0.15) is 11.5 Å². The normalized spacial score (nSPS) is 18.6. The van der Waals surface area contributed by atoms with Gasteiger partial charge in [0.05, 0.1) is 5.56 Å². The van der Waals surface area contributed by atoms with Crippen LogP contribution in [0.2, 0.25) is 0 Å². The van der Waals surface area contributed by atoms with Crippen molar-refractivity contribution in [2.24, 2.45) is 5.92 Å². The maximum absolute atomic E-state index is 11.2. The Kier molecular flexibility index (Phi) is 7.71. The molecule has 0 bridgehead atoms. The summed E-state index contributed by atoms with van der Waals surface area (Å²) in [6.45, 7) is 1.24. The topological polar surface area (TPSA) is 79.2 Å². The maximum Gasteiger partial charge on any atom is 0.407 e. The van der Waals surface area contributed by atoms with Gasteiger partial charge in [-0.25, -0.2) is 4.79 Å². The number of unbranched alkanes of at least 4 members (excludes halogenated alkanes) is 1. The number of carboxylic acid groups (broad SMARTS) is 1. The zero-order chi connectivity index (χ0) is 21.4. The van der Waals surface area contributed by atoms with Gasteiger partial charge in [-0.3, -0.25) is 0 Å². The lowest BCUT2D eigenvalue weighted by Crippen LogP contribution is -2.39. The Morgan fingerprint density at radius 2 is 1.87 bits per heavy atom. The van der Waals surface area contributed by atoms with Crippen molar-refractivity contribution in [3.05, 3.63) is 60.2 Å². The number of amides is 1. The predicted molar refractivity (Wildman–Crippen MR) is 115 cm³/mol. The van der Waals surface area contributed by atoms with Crippen LogP contribution in [-0.2, 0) is 10.5 Å². The van der Waals surface area contributed by atoms with Gasteiger partial charge in [0, 0.05) is 26.6 Å². The van der Waals surface area contributed by atoms with E-state index in [2.05, 4.69) is 0 Å². The highest BCUT2D eigenvalue weighted by molar-refractivity contribution is 5.65. The molecule has 0 aliphatic carbocycles. The minimum atomic E-state index is -1.44. The van der Waals surface area contributed by atoms with Gasteiger partial charge >= 0.3 is 6.09 Å². The van der Waals surface area contributed by atoms with Crippen LogP contribution in [0.1, 0.15) is 44.1 Å². The van der Waals surface area contributed by atoms with E-state index in [1.165, 1.54) is 12.0 Å². The summed E-state index contributed by atoms with van der Waals surface area (Å²) >= 11 is 0. The van der Waals surface area contributed by atoms with Crippen molar-refractivity contribution in [2.45, 2.75) is 44.3 Å². The predicted octanol–water partition coefficient (Wildman–Crippen LogP) is 5.22. The molecule has 1 fully saturated rings. The summed E-state index contributed by atoms with van der Waals surface area (Å²) in [4.78, 5) is 12.7. The first-order valence-electron chi connectivity index (χ1n) is 10.6. The van der Waals surface area contributed by atoms with Gasteiger partial charge in [-0.15, -0.1) is 0 Å². The summed E-state index contributed by atoms with van der Waals surface area (Å²) in [6.07, 6.45) is 4.22. The molecule has 6 heteroatoms. The van der Waals surface area contributed by atoms with E-state index < -0.39 is 11.9 Å². The highest BCUT2D eigenvalue weighted by Crippen LogP contribution is 2.37. The summed E-state index contributed by atoms with van der Waals surface area (Å²) in [5.41, 5.74) is 0.603. The van der Waals surface area contributed by atoms with Crippen LogP contribution in [0, 0.1) is 5.92 Å². The van der Waals surface area contributed by atoms with Gasteiger partial charge in [0.2, 0.25) is 0 Å². The Labute approximate surface area is 178 Å². The largest absolute Gasteiger partial charge is 0.465 e. The molecule has 0 radical (unpaired) electrons. The number of piperidine rings is 1. The van der Waals surface area contributed by atoms with Crippen molar-refractivity contribution in [3.63, 3.8) is 0 Å². The molecule has 1 heterocycles. The molecular weight excluding hydrogens is 382 g/mol. The summed E-state index contributed by atoms with van der Waals surface area (Å²) in [5.74, 6) is 0.214. The third-order valence-corrected chi connectivity index (χ3v) is 5.78. The molecule has 2 N–H and O–H groups in total. The number of para-hydroxylation sites is 2. The van der Waals surface area contributed by atoms with E-state index in [-0.39, 0.29) is 0 Å². The molecule has 2 aromatic carbocycles. The van der Waals surface area contributed by atoms with E-state index in [9.17, 15) is 15.0 Å². The molecule has 1 aliphatic heterocycles. The number of benzene rings is 2. The van der Waals surface area contributed by atoms with Crippen LogP contribution in [0.4, 0.5) is 4.79 Å². The number of aliphatic hydroxyl groups is 1. The maximum atomic E-state index is 11.2. The molecule has 6 nitrogen and oxygen atoms in total. The molecule has 30 heavy (non-hydrogen) atoms. The number of likely N-dealkylation sites (tertiary alicyclic amines) is 1. The Balaban J connectivity index is 1.59. The van der Waals surface area contributed by atoms with Gasteiger partial charge in [-0.05, 0) is 55.9 Å². The number of nitrogens with zero attached hydrogens (tertiary/aromatic N) is 1. The van der Waals surface area contributed by atoms with Crippen LogP contribution in [0.25, 0.3) is 0 Å². The average Bonchev–Trinajstić information content (AvgIpc) is 2.78. The SMILES string of the molecule is CO[C@@](O)(CCCCC1CCCN(C(=O)O)C1)c1ccccc1Oc1ccccc1. The van der Waals surface area contributed by atoms with Crippen LogP contribution in [0.15, 0.2) is 54.6 Å². The van der Waals surface area contributed by atoms with Gasteiger partial charge in [-0.1, -0.05) is 36.8 Å². The number of methoxy groups -OCH3 is 1. The molecule has 2 atom stereocenters. The summed E-state index contributed by atoms with van der Waals surface area (Å²) < 4.78 is 11.5. The molecule has 162 valence electrons. The lowest BCUT2D eigenvalue weighted by atomic mass is 9.91. The molecule has 3 rings (SSSR count). The summed E-state index contributed by atoms with van der Waals surface area (Å²) in [6, 6.07) is 16.8. The molecule has 0 spiro atoms. The molecule has 1 saturated heterocycles. The monoisotopic (exact) mass is 413 g/mol. The van der Waals surface area contributed by atoms with Crippen LogP contribution >= 0.6 is 0 Å².